The summed E-state index contributed by atoms with van der Waals surface area (Å²) >= 11 is 14.1. The largest absolute Gasteiger partial charge is 0.329 e. The van der Waals surface area contributed by atoms with E-state index >= 15 is 0 Å². The van der Waals surface area contributed by atoms with E-state index in [0.717, 1.165) is 16.9 Å². The smallest absolute Gasteiger partial charge is 0.254 e. The van der Waals surface area contributed by atoms with E-state index in [4.69, 9.17) is 23.2 Å². The van der Waals surface area contributed by atoms with Crippen molar-refractivity contribution in [2.45, 2.75) is 39.2 Å². The minimum absolute atomic E-state index is 0.0247. The summed E-state index contributed by atoms with van der Waals surface area (Å²) in [5.74, 6) is -0.350. The lowest BCUT2D eigenvalue weighted by Gasteiger charge is -2.43. The molecule has 0 N–H and O–H groups in total. The number of halogens is 2. The first kappa shape index (κ1) is 24.8. The molecule has 1 aliphatic rings. The van der Waals surface area contributed by atoms with E-state index in [1.807, 2.05) is 59.7 Å². The van der Waals surface area contributed by atoms with E-state index < -0.39 is 5.92 Å². The Morgan fingerprint density at radius 1 is 1.09 bits per heavy atom. The van der Waals surface area contributed by atoms with Crippen LogP contribution in [0.15, 0.2) is 60.0 Å². The monoisotopic (exact) mass is 514 g/mol. The van der Waals surface area contributed by atoms with Gasteiger partial charge in [0.1, 0.15) is 0 Å². The lowest BCUT2D eigenvalue weighted by molar-refractivity contribution is -0.121. The number of carbonyl (C=O) groups is 2. The third-order valence-electron chi connectivity index (χ3n) is 6.03. The first-order valence-corrected chi connectivity index (χ1v) is 13.2. The summed E-state index contributed by atoms with van der Waals surface area (Å²) in [7, 11) is 0. The van der Waals surface area contributed by atoms with E-state index in [2.05, 4.69) is 13.8 Å². The Kier molecular flexibility index (Phi) is 7.66. The summed E-state index contributed by atoms with van der Waals surface area (Å²) in [5, 5.41) is 2.85. The summed E-state index contributed by atoms with van der Waals surface area (Å²) < 4.78 is 0. The lowest BCUT2D eigenvalue weighted by Crippen LogP contribution is -2.49. The van der Waals surface area contributed by atoms with Crippen molar-refractivity contribution in [1.29, 1.82) is 0 Å². The van der Waals surface area contributed by atoms with Crippen molar-refractivity contribution in [1.82, 2.24) is 4.90 Å². The third-order valence-corrected chi connectivity index (χ3v) is 7.71. The van der Waals surface area contributed by atoms with Crippen LogP contribution in [0.25, 0.3) is 0 Å². The average molecular weight is 516 g/mol. The molecule has 2 atom stereocenters. The topological polar surface area (TPSA) is 40.6 Å². The highest BCUT2D eigenvalue weighted by Gasteiger charge is 2.46. The highest BCUT2D eigenvalue weighted by molar-refractivity contribution is 7.10. The van der Waals surface area contributed by atoms with Crippen molar-refractivity contribution in [3.63, 3.8) is 0 Å². The van der Waals surface area contributed by atoms with Crippen molar-refractivity contribution in [3.05, 3.63) is 86.0 Å². The van der Waals surface area contributed by atoms with Gasteiger partial charge in [-0.15, -0.1) is 11.3 Å². The molecule has 0 saturated carbocycles. The van der Waals surface area contributed by atoms with Gasteiger partial charge in [-0.1, -0.05) is 68.2 Å². The first-order valence-electron chi connectivity index (χ1n) is 11.5. The Hall–Kier alpha value is -2.34. The number of hydrogen-bond acceptors (Lipinski definition) is 3. The van der Waals surface area contributed by atoms with Crippen LogP contribution in [0.2, 0.25) is 10.0 Å². The van der Waals surface area contributed by atoms with Gasteiger partial charge < -0.3 is 9.80 Å². The van der Waals surface area contributed by atoms with Gasteiger partial charge in [-0.05, 0) is 53.6 Å². The number of nitrogens with zero attached hydrogens (tertiary/aromatic N) is 2. The Balaban J connectivity index is 1.89. The minimum atomic E-state index is -0.535. The Morgan fingerprint density at radius 2 is 1.85 bits per heavy atom. The molecule has 1 aliphatic heterocycles. The summed E-state index contributed by atoms with van der Waals surface area (Å²) in [6.45, 7) is 7.33. The van der Waals surface area contributed by atoms with Crippen molar-refractivity contribution in [2.24, 2.45) is 5.92 Å². The standard InChI is InChI=1S/C27H28Cl2N2O2S/c1-4-13-30(18-11-12-21(28)22(29)15-18)27(33)24-19-8-5-6-9-20(19)26(32)31(16-17(2)3)25(24)23-10-7-14-34-23/h5-12,14-15,17,24-25H,4,13,16H2,1-3H3/t24-,25+/m0/s1. The highest BCUT2D eigenvalue weighted by Crippen LogP contribution is 2.46. The molecule has 34 heavy (non-hydrogen) atoms. The van der Waals surface area contributed by atoms with Crippen LogP contribution in [-0.2, 0) is 4.79 Å². The van der Waals surface area contributed by atoms with Gasteiger partial charge in [0.15, 0.2) is 0 Å². The van der Waals surface area contributed by atoms with Crippen LogP contribution in [0.3, 0.4) is 0 Å². The number of amides is 2. The quantitative estimate of drug-likeness (QED) is 0.328. The zero-order valence-electron chi connectivity index (χ0n) is 19.5. The summed E-state index contributed by atoms with van der Waals surface area (Å²) in [6.07, 6.45) is 0.776. The van der Waals surface area contributed by atoms with Crippen LogP contribution in [0.1, 0.15) is 60.0 Å². The van der Waals surface area contributed by atoms with E-state index in [9.17, 15) is 9.59 Å². The molecule has 0 bridgehead atoms. The average Bonchev–Trinajstić information content (AvgIpc) is 3.35. The van der Waals surface area contributed by atoms with Crippen LogP contribution in [0.4, 0.5) is 5.69 Å². The minimum Gasteiger partial charge on any atom is -0.329 e. The second-order valence-corrected chi connectivity index (χ2v) is 10.8. The number of fused-ring (bicyclic) bond motifs is 1. The van der Waals surface area contributed by atoms with Crippen LogP contribution in [0.5, 0.6) is 0 Å². The molecule has 0 radical (unpaired) electrons. The van der Waals surface area contributed by atoms with Crippen molar-refractivity contribution < 1.29 is 9.59 Å². The van der Waals surface area contributed by atoms with Crippen molar-refractivity contribution >= 4 is 52.0 Å². The van der Waals surface area contributed by atoms with Crippen LogP contribution < -0.4 is 4.90 Å². The maximum Gasteiger partial charge on any atom is 0.254 e. The van der Waals surface area contributed by atoms with Gasteiger partial charge in [-0.3, -0.25) is 9.59 Å². The predicted molar refractivity (Wildman–Crippen MR) is 141 cm³/mol. The van der Waals surface area contributed by atoms with Crippen LogP contribution >= 0.6 is 34.5 Å². The molecule has 2 heterocycles. The first-order chi connectivity index (χ1) is 16.3. The fourth-order valence-electron chi connectivity index (χ4n) is 4.64. The van der Waals surface area contributed by atoms with E-state index in [0.29, 0.717) is 34.4 Å². The maximum absolute atomic E-state index is 14.4. The summed E-state index contributed by atoms with van der Waals surface area (Å²) in [6, 6.07) is 16.4. The molecule has 2 amide bonds. The zero-order chi connectivity index (χ0) is 24.4. The van der Waals surface area contributed by atoms with E-state index in [-0.39, 0.29) is 23.8 Å². The SMILES string of the molecule is CCCN(C(=O)[C@H]1c2ccccc2C(=O)N(CC(C)C)[C@@H]1c1cccs1)c1ccc(Cl)c(Cl)c1. The van der Waals surface area contributed by atoms with Gasteiger partial charge in [0.2, 0.25) is 5.91 Å². The molecule has 0 saturated heterocycles. The number of anilines is 1. The molecule has 0 fully saturated rings. The molecule has 0 unspecified atom stereocenters. The van der Waals surface area contributed by atoms with Gasteiger partial charge in [-0.2, -0.15) is 0 Å². The lowest BCUT2D eigenvalue weighted by atomic mass is 9.80. The Morgan fingerprint density at radius 3 is 2.50 bits per heavy atom. The molecule has 7 heteroatoms. The number of carbonyl (C=O) groups excluding carboxylic acids is 2. The highest BCUT2D eigenvalue weighted by atomic mass is 35.5. The molecule has 0 spiro atoms. The Labute approximate surface area is 215 Å². The number of thiophene rings is 1. The molecular formula is C27H28Cl2N2O2S. The fourth-order valence-corrected chi connectivity index (χ4v) is 5.81. The van der Waals surface area contributed by atoms with Crippen LogP contribution in [0, 0.1) is 5.92 Å². The molecule has 4 rings (SSSR count). The molecule has 3 aromatic rings. The second kappa shape index (κ2) is 10.5. The van der Waals surface area contributed by atoms with E-state index in [1.165, 1.54) is 0 Å². The molecule has 2 aromatic carbocycles. The molecule has 0 aliphatic carbocycles. The fraction of sp³-hybridized carbons (Fsp3) is 0.333. The van der Waals surface area contributed by atoms with Crippen molar-refractivity contribution in [3.8, 4) is 0 Å². The molecule has 4 nitrogen and oxygen atoms in total. The number of hydrogen-bond donors (Lipinski definition) is 0. The number of rotatable bonds is 7. The van der Waals surface area contributed by atoms with Gasteiger partial charge in [0, 0.05) is 29.2 Å². The third kappa shape index (κ3) is 4.74. The molecule has 178 valence electrons. The number of benzene rings is 2. The van der Waals surface area contributed by atoms with Crippen LogP contribution in [-0.4, -0.2) is 29.8 Å². The van der Waals surface area contributed by atoms with Gasteiger partial charge in [0.05, 0.1) is 22.0 Å². The molecule has 1 aromatic heterocycles. The summed E-state index contributed by atoms with van der Waals surface area (Å²) in [5.41, 5.74) is 2.08. The normalized spacial score (nSPS) is 17.7. The zero-order valence-corrected chi connectivity index (χ0v) is 21.8. The maximum atomic E-state index is 14.4. The second-order valence-electron chi connectivity index (χ2n) is 8.96. The Bertz CT molecular complexity index is 1180. The predicted octanol–water partition coefficient (Wildman–Crippen LogP) is 7.43. The van der Waals surface area contributed by atoms with Gasteiger partial charge in [-0.25, -0.2) is 0 Å². The van der Waals surface area contributed by atoms with Gasteiger partial charge >= 0.3 is 0 Å². The van der Waals surface area contributed by atoms with Crippen molar-refractivity contribution in [2.75, 3.05) is 18.0 Å². The van der Waals surface area contributed by atoms with E-state index in [1.54, 1.807) is 28.4 Å². The molecular weight excluding hydrogens is 487 g/mol. The summed E-state index contributed by atoms with van der Waals surface area (Å²) in [4.78, 5) is 32.7. The van der Waals surface area contributed by atoms with Gasteiger partial charge in [0.25, 0.3) is 5.91 Å².